The van der Waals surface area contributed by atoms with Gasteiger partial charge in [-0.3, -0.25) is 0 Å². The van der Waals surface area contributed by atoms with Gasteiger partial charge in [-0.05, 0) is 62.7 Å². The first-order valence-corrected chi connectivity index (χ1v) is 9.41. The number of methoxy groups -OCH3 is 1. The lowest BCUT2D eigenvalue weighted by molar-refractivity contribution is 0.115. The standard InChI is InChI=1S/C20H36O/c1-3-4-5-17-6-8-18(9-7-17)10-11-19-12-14-20(15-13-19)16-21-2/h3-4,17-20H,5-16H2,1-2H3/b4-3+. The van der Waals surface area contributed by atoms with Crippen molar-refractivity contribution in [2.45, 2.75) is 77.6 Å². The summed E-state index contributed by atoms with van der Waals surface area (Å²) >= 11 is 0. The van der Waals surface area contributed by atoms with Crippen molar-refractivity contribution in [3.63, 3.8) is 0 Å². The van der Waals surface area contributed by atoms with Crippen molar-refractivity contribution in [2.75, 3.05) is 13.7 Å². The third kappa shape index (κ3) is 6.14. The Bertz CT molecular complexity index is 280. The molecule has 2 aliphatic rings. The fourth-order valence-corrected chi connectivity index (χ4v) is 4.48. The summed E-state index contributed by atoms with van der Waals surface area (Å²) in [6, 6.07) is 0. The van der Waals surface area contributed by atoms with Crippen LogP contribution in [0.25, 0.3) is 0 Å². The van der Waals surface area contributed by atoms with Crippen LogP contribution in [0.2, 0.25) is 0 Å². The Kier molecular flexibility index (Phi) is 7.85. The maximum Gasteiger partial charge on any atom is 0.0490 e. The van der Waals surface area contributed by atoms with Gasteiger partial charge in [0.1, 0.15) is 0 Å². The molecule has 0 N–H and O–H groups in total. The molecule has 122 valence electrons. The molecule has 1 nitrogen and oxygen atoms in total. The molecule has 1 heteroatoms. The molecule has 0 aliphatic heterocycles. The van der Waals surface area contributed by atoms with Crippen LogP contribution in [0.5, 0.6) is 0 Å². The Morgan fingerprint density at radius 2 is 1.24 bits per heavy atom. The van der Waals surface area contributed by atoms with Crippen molar-refractivity contribution in [2.24, 2.45) is 23.7 Å². The van der Waals surface area contributed by atoms with Crippen LogP contribution < -0.4 is 0 Å². The largest absolute Gasteiger partial charge is 0.384 e. The molecule has 0 aromatic rings. The topological polar surface area (TPSA) is 9.23 Å². The highest BCUT2D eigenvalue weighted by Gasteiger charge is 2.24. The summed E-state index contributed by atoms with van der Waals surface area (Å²) in [6.45, 7) is 3.13. The van der Waals surface area contributed by atoms with E-state index in [-0.39, 0.29) is 0 Å². The minimum absolute atomic E-state index is 0.855. The summed E-state index contributed by atoms with van der Waals surface area (Å²) in [4.78, 5) is 0. The average molecular weight is 293 g/mol. The van der Waals surface area contributed by atoms with E-state index in [0.29, 0.717) is 0 Å². The van der Waals surface area contributed by atoms with E-state index in [4.69, 9.17) is 4.74 Å². The molecule has 2 saturated carbocycles. The van der Waals surface area contributed by atoms with Gasteiger partial charge in [-0.1, -0.05) is 50.7 Å². The van der Waals surface area contributed by atoms with Crippen molar-refractivity contribution >= 4 is 0 Å². The van der Waals surface area contributed by atoms with E-state index >= 15 is 0 Å². The molecule has 0 spiro atoms. The molecule has 0 heterocycles. The van der Waals surface area contributed by atoms with E-state index < -0.39 is 0 Å². The molecule has 0 amide bonds. The van der Waals surface area contributed by atoms with E-state index in [1.807, 2.05) is 7.11 Å². The Balaban J connectivity index is 1.56. The van der Waals surface area contributed by atoms with Crippen LogP contribution >= 0.6 is 0 Å². The van der Waals surface area contributed by atoms with Crippen LogP contribution in [0, 0.1) is 23.7 Å². The molecule has 2 fully saturated rings. The maximum absolute atomic E-state index is 5.30. The molecule has 0 aromatic heterocycles. The van der Waals surface area contributed by atoms with Crippen molar-refractivity contribution in [3.05, 3.63) is 12.2 Å². The van der Waals surface area contributed by atoms with Gasteiger partial charge in [0, 0.05) is 13.7 Å². The summed E-state index contributed by atoms with van der Waals surface area (Å²) in [5.41, 5.74) is 0. The molecule has 2 rings (SSSR count). The lowest BCUT2D eigenvalue weighted by Gasteiger charge is -2.31. The number of allylic oxidation sites excluding steroid dienone is 2. The fourth-order valence-electron chi connectivity index (χ4n) is 4.48. The Hall–Kier alpha value is -0.300. The van der Waals surface area contributed by atoms with Gasteiger partial charge in [-0.15, -0.1) is 0 Å². The van der Waals surface area contributed by atoms with Gasteiger partial charge in [0.25, 0.3) is 0 Å². The summed E-state index contributed by atoms with van der Waals surface area (Å²) < 4.78 is 5.30. The highest BCUT2D eigenvalue weighted by atomic mass is 16.5. The molecule has 0 unspecified atom stereocenters. The highest BCUT2D eigenvalue weighted by molar-refractivity contribution is 4.83. The SMILES string of the molecule is C/C=C/CC1CCC(CCC2CCC(COC)CC2)CC1. The van der Waals surface area contributed by atoms with E-state index in [9.17, 15) is 0 Å². The van der Waals surface area contributed by atoms with Crippen molar-refractivity contribution < 1.29 is 4.74 Å². The molecule has 0 saturated heterocycles. The van der Waals surface area contributed by atoms with Gasteiger partial charge < -0.3 is 4.74 Å². The third-order valence-corrected chi connectivity index (χ3v) is 6.02. The highest BCUT2D eigenvalue weighted by Crippen LogP contribution is 2.37. The van der Waals surface area contributed by atoms with E-state index in [0.717, 1.165) is 30.3 Å². The monoisotopic (exact) mass is 292 g/mol. The van der Waals surface area contributed by atoms with Gasteiger partial charge in [0.05, 0.1) is 0 Å². The van der Waals surface area contributed by atoms with E-state index in [1.54, 1.807) is 0 Å². The van der Waals surface area contributed by atoms with Crippen molar-refractivity contribution in [3.8, 4) is 0 Å². The van der Waals surface area contributed by atoms with Gasteiger partial charge in [0.15, 0.2) is 0 Å². The van der Waals surface area contributed by atoms with Crippen LogP contribution in [0.3, 0.4) is 0 Å². The van der Waals surface area contributed by atoms with Gasteiger partial charge in [-0.2, -0.15) is 0 Å². The molecule has 0 radical (unpaired) electrons. The zero-order valence-electron chi connectivity index (χ0n) is 14.4. The summed E-state index contributed by atoms with van der Waals surface area (Å²) in [5.74, 6) is 3.91. The molecule has 21 heavy (non-hydrogen) atoms. The molecular formula is C20H36O. The van der Waals surface area contributed by atoms with Crippen molar-refractivity contribution in [1.29, 1.82) is 0 Å². The van der Waals surface area contributed by atoms with E-state index in [1.165, 1.54) is 70.6 Å². The first-order chi connectivity index (χ1) is 10.3. The number of ether oxygens (including phenoxy) is 1. The Morgan fingerprint density at radius 3 is 1.71 bits per heavy atom. The summed E-state index contributed by atoms with van der Waals surface area (Å²) in [7, 11) is 1.85. The number of hydrogen-bond acceptors (Lipinski definition) is 1. The summed E-state index contributed by atoms with van der Waals surface area (Å²) in [6.07, 6.45) is 20.6. The van der Waals surface area contributed by atoms with Gasteiger partial charge in [0.2, 0.25) is 0 Å². The van der Waals surface area contributed by atoms with Crippen LogP contribution in [-0.2, 0) is 4.74 Å². The zero-order chi connectivity index (χ0) is 14.9. The molecule has 0 atom stereocenters. The minimum atomic E-state index is 0.855. The first-order valence-electron chi connectivity index (χ1n) is 9.41. The Morgan fingerprint density at radius 1 is 0.762 bits per heavy atom. The molecule has 0 bridgehead atoms. The molecule has 0 aromatic carbocycles. The predicted molar refractivity (Wildman–Crippen MR) is 91.4 cm³/mol. The molecular weight excluding hydrogens is 256 g/mol. The van der Waals surface area contributed by atoms with Crippen LogP contribution in [-0.4, -0.2) is 13.7 Å². The second kappa shape index (κ2) is 9.66. The number of hydrogen-bond donors (Lipinski definition) is 0. The lowest BCUT2D eigenvalue weighted by atomic mass is 9.75. The van der Waals surface area contributed by atoms with Crippen LogP contribution in [0.1, 0.15) is 77.6 Å². The second-order valence-corrected chi connectivity index (χ2v) is 7.61. The van der Waals surface area contributed by atoms with Gasteiger partial charge >= 0.3 is 0 Å². The maximum atomic E-state index is 5.30. The second-order valence-electron chi connectivity index (χ2n) is 7.61. The van der Waals surface area contributed by atoms with Crippen molar-refractivity contribution in [1.82, 2.24) is 0 Å². The zero-order valence-corrected chi connectivity index (χ0v) is 14.4. The lowest BCUT2D eigenvalue weighted by Crippen LogP contribution is -2.20. The van der Waals surface area contributed by atoms with Crippen LogP contribution in [0.15, 0.2) is 12.2 Å². The normalized spacial score (nSPS) is 34.4. The predicted octanol–water partition coefficient (Wildman–Crippen LogP) is 5.99. The van der Waals surface area contributed by atoms with Gasteiger partial charge in [-0.25, -0.2) is 0 Å². The Labute approximate surface area is 132 Å². The average Bonchev–Trinajstić information content (AvgIpc) is 2.53. The third-order valence-electron chi connectivity index (χ3n) is 6.02. The quantitative estimate of drug-likeness (QED) is 0.523. The molecule has 2 aliphatic carbocycles. The summed E-state index contributed by atoms with van der Waals surface area (Å²) in [5, 5.41) is 0. The minimum Gasteiger partial charge on any atom is -0.384 e. The first kappa shape index (κ1) is 17.1. The number of rotatable bonds is 7. The smallest absolute Gasteiger partial charge is 0.0490 e. The fraction of sp³-hybridized carbons (Fsp3) is 0.900. The van der Waals surface area contributed by atoms with Crippen LogP contribution in [0.4, 0.5) is 0 Å². The van der Waals surface area contributed by atoms with E-state index in [2.05, 4.69) is 19.1 Å².